The Morgan fingerprint density at radius 3 is 2.21 bits per heavy atom. The molecule has 0 aromatic heterocycles. The third-order valence-electron chi connectivity index (χ3n) is 2.31. The zero-order valence-corrected chi connectivity index (χ0v) is 10.1. The van der Waals surface area contributed by atoms with Crippen molar-refractivity contribution in [2.75, 3.05) is 19.0 Å². The number of nitrogen functional groups attached to an aromatic ring is 1. The summed E-state index contributed by atoms with van der Waals surface area (Å²) in [5.74, 6) is 4.12. The van der Waals surface area contributed by atoms with Gasteiger partial charge in [-0.2, -0.15) is 0 Å². The van der Waals surface area contributed by atoms with E-state index in [0.717, 1.165) is 12.1 Å². The molecule has 1 aromatic carbocycles. The van der Waals surface area contributed by atoms with Gasteiger partial charge in [0.15, 0.2) is 0 Å². The fourth-order valence-corrected chi connectivity index (χ4v) is 1.57. The van der Waals surface area contributed by atoms with Crippen LogP contribution in [-0.4, -0.2) is 29.8 Å². The second-order valence-electron chi connectivity index (χ2n) is 3.74. The summed E-state index contributed by atoms with van der Waals surface area (Å²) < 4.78 is 0. The molecule has 0 saturated carbocycles. The molecular formula is C9H11N5O5. The maximum atomic E-state index is 11.6. The molecule has 0 aliphatic heterocycles. The van der Waals surface area contributed by atoms with E-state index < -0.39 is 27.1 Å². The highest BCUT2D eigenvalue weighted by Crippen LogP contribution is 2.34. The van der Waals surface area contributed by atoms with Crippen LogP contribution in [0.25, 0.3) is 0 Å². The van der Waals surface area contributed by atoms with Gasteiger partial charge in [0.2, 0.25) is 0 Å². The number of nitrogens with one attached hydrogen (secondary N) is 1. The third-order valence-corrected chi connectivity index (χ3v) is 2.31. The van der Waals surface area contributed by atoms with Gasteiger partial charge < -0.3 is 4.90 Å². The Hall–Kier alpha value is -2.75. The molecule has 0 fully saturated rings. The monoisotopic (exact) mass is 269 g/mol. The number of nitro benzene ring substituents is 2. The number of benzene rings is 1. The summed E-state index contributed by atoms with van der Waals surface area (Å²) in [6, 6.07) is 1.73. The summed E-state index contributed by atoms with van der Waals surface area (Å²) in [4.78, 5) is 33.0. The minimum Gasteiger partial charge on any atom is -0.371 e. The fraction of sp³-hybridized carbons (Fsp3) is 0.222. The molecule has 3 N–H and O–H groups in total. The highest BCUT2D eigenvalue weighted by molar-refractivity contribution is 6.02. The van der Waals surface area contributed by atoms with Gasteiger partial charge in [-0.15, -0.1) is 0 Å². The number of nitrogens with two attached hydrogens (primary N) is 1. The number of nitro groups is 2. The summed E-state index contributed by atoms with van der Waals surface area (Å²) in [6.45, 7) is 0. The van der Waals surface area contributed by atoms with Crippen molar-refractivity contribution >= 4 is 23.0 Å². The molecule has 10 heteroatoms. The van der Waals surface area contributed by atoms with E-state index in [2.05, 4.69) is 0 Å². The van der Waals surface area contributed by atoms with Gasteiger partial charge >= 0.3 is 0 Å². The first-order chi connectivity index (χ1) is 8.79. The van der Waals surface area contributed by atoms with Crippen molar-refractivity contribution in [2.24, 2.45) is 5.84 Å². The maximum Gasteiger partial charge on any atom is 0.300 e. The number of hydrogen-bond donors (Lipinski definition) is 2. The van der Waals surface area contributed by atoms with Gasteiger partial charge in [0, 0.05) is 20.2 Å². The predicted octanol–water partition coefficient (Wildman–Crippen LogP) is 0.172. The maximum absolute atomic E-state index is 11.6. The van der Waals surface area contributed by atoms with Crippen molar-refractivity contribution in [3.8, 4) is 0 Å². The molecule has 0 atom stereocenters. The van der Waals surface area contributed by atoms with E-state index in [1.54, 1.807) is 5.43 Å². The zero-order valence-electron chi connectivity index (χ0n) is 10.1. The van der Waals surface area contributed by atoms with Crippen molar-refractivity contribution in [3.05, 3.63) is 37.9 Å². The minimum absolute atomic E-state index is 0.0569. The lowest BCUT2D eigenvalue weighted by atomic mass is 10.1. The van der Waals surface area contributed by atoms with Crippen LogP contribution in [-0.2, 0) is 0 Å². The van der Waals surface area contributed by atoms with Crippen molar-refractivity contribution in [1.82, 2.24) is 5.43 Å². The van der Waals surface area contributed by atoms with Gasteiger partial charge in [0.25, 0.3) is 17.3 Å². The molecule has 1 aromatic rings. The number of hydrogen-bond acceptors (Lipinski definition) is 7. The molecule has 0 spiro atoms. The van der Waals surface area contributed by atoms with Crippen molar-refractivity contribution in [2.45, 2.75) is 0 Å². The number of amides is 1. The van der Waals surface area contributed by atoms with Crippen LogP contribution in [0.3, 0.4) is 0 Å². The second-order valence-corrected chi connectivity index (χ2v) is 3.74. The standard InChI is InChI=1S/C9H11N5O5/c1-12(2)8-6(9(15)11-10)3-5(13(16)17)4-7(8)14(18)19/h3-4H,10H2,1-2H3,(H,11,15). The number of nitrogens with zero attached hydrogens (tertiary/aromatic N) is 3. The van der Waals surface area contributed by atoms with Crippen LogP contribution in [0.15, 0.2) is 12.1 Å². The Morgan fingerprint density at radius 1 is 1.26 bits per heavy atom. The first kappa shape index (κ1) is 14.3. The number of rotatable bonds is 4. The van der Waals surface area contributed by atoms with E-state index >= 15 is 0 Å². The quantitative estimate of drug-likeness (QED) is 0.343. The Kier molecular flexibility index (Phi) is 3.97. The first-order valence-corrected chi connectivity index (χ1v) is 4.94. The third kappa shape index (κ3) is 2.74. The van der Waals surface area contributed by atoms with Gasteiger partial charge in [0.1, 0.15) is 5.69 Å². The normalized spacial score (nSPS) is 9.84. The Balaban J connectivity index is 3.70. The van der Waals surface area contributed by atoms with Crippen LogP contribution in [0.4, 0.5) is 17.1 Å². The van der Waals surface area contributed by atoms with Crippen LogP contribution in [0.1, 0.15) is 10.4 Å². The van der Waals surface area contributed by atoms with E-state index in [1.807, 2.05) is 0 Å². The largest absolute Gasteiger partial charge is 0.371 e. The van der Waals surface area contributed by atoms with Crippen LogP contribution in [0.2, 0.25) is 0 Å². The lowest BCUT2D eigenvalue weighted by molar-refractivity contribution is -0.393. The molecule has 0 radical (unpaired) electrons. The summed E-state index contributed by atoms with van der Waals surface area (Å²) in [7, 11) is 2.95. The SMILES string of the molecule is CN(C)c1c(C(=O)NN)cc([N+](=O)[O-])cc1[N+](=O)[O-]. The van der Waals surface area contributed by atoms with E-state index in [9.17, 15) is 25.0 Å². The molecular weight excluding hydrogens is 258 g/mol. The lowest BCUT2D eigenvalue weighted by Gasteiger charge is -2.16. The summed E-state index contributed by atoms with van der Waals surface area (Å²) in [6.07, 6.45) is 0. The molecule has 0 aliphatic rings. The molecule has 0 bridgehead atoms. The summed E-state index contributed by atoms with van der Waals surface area (Å²) in [5, 5.41) is 21.7. The van der Waals surface area contributed by atoms with E-state index in [1.165, 1.54) is 19.0 Å². The van der Waals surface area contributed by atoms with Crippen LogP contribution < -0.4 is 16.2 Å². The minimum atomic E-state index is -0.851. The number of carbonyl (C=O) groups excluding carboxylic acids is 1. The second kappa shape index (κ2) is 5.27. The van der Waals surface area contributed by atoms with Crippen molar-refractivity contribution in [3.63, 3.8) is 0 Å². The smallest absolute Gasteiger partial charge is 0.300 e. The molecule has 0 saturated heterocycles. The van der Waals surface area contributed by atoms with Gasteiger partial charge in [-0.1, -0.05) is 0 Å². The molecule has 1 rings (SSSR count). The Bertz CT molecular complexity index is 556. The van der Waals surface area contributed by atoms with Crippen LogP contribution in [0.5, 0.6) is 0 Å². The van der Waals surface area contributed by atoms with Crippen LogP contribution in [0, 0.1) is 20.2 Å². The topological polar surface area (TPSA) is 145 Å². The molecule has 102 valence electrons. The highest BCUT2D eigenvalue weighted by Gasteiger charge is 2.28. The summed E-state index contributed by atoms with van der Waals surface area (Å²) >= 11 is 0. The zero-order chi connectivity index (χ0) is 14.7. The Morgan fingerprint density at radius 2 is 1.84 bits per heavy atom. The van der Waals surface area contributed by atoms with Crippen LogP contribution >= 0.6 is 0 Å². The van der Waals surface area contributed by atoms with Gasteiger partial charge in [-0.25, -0.2) is 5.84 Å². The first-order valence-electron chi connectivity index (χ1n) is 4.94. The number of hydrazine groups is 1. The van der Waals surface area contributed by atoms with E-state index in [0.29, 0.717) is 0 Å². The highest BCUT2D eigenvalue weighted by atomic mass is 16.6. The average molecular weight is 269 g/mol. The number of anilines is 1. The van der Waals surface area contributed by atoms with E-state index in [-0.39, 0.29) is 11.3 Å². The molecule has 0 heterocycles. The van der Waals surface area contributed by atoms with Gasteiger partial charge in [-0.05, 0) is 0 Å². The predicted molar refractivity (Wildman–Crippen MR) is 65.7 cm³/mol. The molecule has 0 unspecified atom stereocenters. The van der Waals surface area contributed by atoms with Gasteiger partial charge in [-0.3, -0.25) is 30.4 Å². The fourth-order valence-electron chi connectivity index (χ4n) is 1.57. The van der Waals surface area contributed by atoms with Gasteiger partial charge in [0.05, 0.1) is 21.5 Å². The van der Waals surface area contributed by atoms with Crippen molar-refractivity contribution in [1.29, 1.82) is 0 Å². The molecule has 19 heavy (non-hydrogen) atoms. The Labute approximate surface area is 107 Å². The number of carbonyl (C=O) groups is 1. The van der Waals surface area contributed by atoms with Crippen molar-refractivity contribution < 1.29 is 14.6 Å². The molecule has 1 amide bonds. The lowest BCUT2D eigenvalue weighted by Crippen LogP contribution is -2.31. The average Bonchev–Trinajstić information content (AvgIpc) is 2.35. The summed E-state index contributed by atoms with van der Waals surface area (Å²) in [5.41, 5.74) is 0.396. The molecule has 10 nitrogen and oxygen atoms in total. The number of non-ortho nitro benzene ring substituents is 1. The van der Waals surface area contributed by atoms with E-state index in [4.69, 9.17) is 5.84 Å². The molecule has 0 aliphatic carbocycles.